The summed E-state index contributed by atoms with van der Waals surface area (Å²) in [5.74, 6) is -0.410. The lowest BCUT2D eigenvalue weighted by molar-refractivity contribution is -0.883. The van der Waals surface area contributed by atoms with Gasteiger partial charge in [-0.1, -0.05) is 38.1 Å². The Bertz CT molecular complexity index is 1510. The highest BCUT2D eigenvalue weighted by Gasteiger charge is 2.34. The number of rotatable bonds is 8. The number of piperazine rings is 2. The van der Waals surface area contributed by atoms with Crippen molar-refractivity contribution in [3.8, 4) is 12.1 Å². The molecular weight excluding hydrogens is 691 g/mol. The number of nitriles is 2. The predicted octanol–water partition coefficient (Wildman–Crippen LogP) is -0.536. The van der Waals surface area contributed by atoms with Crippen molar-refractivity contribution >= 4 is 29.7 Å². The van der Waals surface area contributed by atoms with Crippen LogP contribution < -0.4 is 27.5 Å². The monoisotopic (exact) mass is 742 g/mol. The summed E-state index contributed by atoms with van der Waals surface area (Å²) in [5, 5.41) is 20.6. The van der Waals surface area contributed by atoms with Crippen molar-refractivity contribution in [2.24, 2.45) is 0 Å². The van der Waals surface area contributed by atoms with Crippen molar-refractivity contribution in [3.63, 3.8) is 0 Å². The van der Waals surface area contributed by atoms with Gasteiger partial charge in [0.05, 0.1) is 56.5 Å². The van der Waals surface area contributed by atoms with Gasteiger partial charge < -0.3 is 42.1 Å². The Morgan fingerprint density at radius 2 is 1.20 bits per heavy atom. The SMILES string of the molecule is C[C@@H](c1ccc(C#N)cc1)[C@@H](NC(=O)OC(C)(C)C)C(=O)N1CCN(C)CC1.C[C@@H](c1ccc(C#N)cc1)[C@@H](NCl)C(=O)N1CC[NH+](C)CC1.[Cl-]. The zero-order chi connectivity index (χ0) is 37.0. The summed E-state index contributed by atoms with van der Waals surface area (Å²) in [4.78, 5) is 48.2. The molecule has 0 aromatic heterocycles. The minimum Gasteiger partial charge on any atom is -1.00 e. The first-order valence-corrected chi connectivity index (χ1v) is 17.5. The maximum Gasteiger partial charge on any atom is 0.408 e. The first-order chi connectivity index (χ1) is 23.7. The number of benzene rings is 2. The number of ether oxygens (including phenoxy) is 1. The smallest absolute Gasteiger partial charge is 0.408 e. The molecule has 4 rings (SSSR count). The number of hydrogen-bond donors (Lipinski definition) is 3. The van der Waals surface area contributed by atoms with Crippen molar-refractivity contribution in [2.75, 3.05) is 66.5 Å². The fraction of sp³-hybridized carbons (Fsp3) is 0.541. The number of alkyl carbamates (subject to hydrolysis) is 1. The van der Waals surface area contributed by atoms with E-state index in [1.54, 1.807) is 49.9 Å². The van der Waals surface area contributed by atoms with Crippen LogP contribution in [0.2, 0.25) is 0 Å². The van der Waals surface area contributed by atoms with Gasteiger partial charge >= 0.3 is 6.09 Å². The van der Waals surface area contributed by atoms with E-state index >= 15 is 0 Å². The van der Waals surface area contributed by atoms with Gasteiger partial charge in [-0.05, 0) is 75.0 Å². The molecule has 2 aromatic carbocycles. The largest absolute Gasteiger partial charge is 1.00 e. The van der Waals surface area contributed by atoms with Crippen molar-refractivity contribution in [1.29, 1.82) is 10.5 Å². The topological polar surface area (TPSA) is 146 Å². The number of halogens is 2. The summed E-state index contributed by atoms with van der Waals surface area (Å²) in [7, 11) is 4.16. The summed E-state index contributed by atoms with van der Waals surface area (Å²) < 4.78 is 5.37. The van der Waals surface area contributed by atoms with Crippen molar-refractivity contribution in [1.82, 2.24) is 24.9 Å². The zero-order valence-corrected chi connectivity index (χ0v) is 32.2. The summed E-state index contributed by atoms with van der Waals surface area (Å²) in [6, 6.07) is 17.4. The van der Waals surface area contributed by atoms with E-state index in [0.29, 0.717) is 24.2 Å². The van der Waals surface area contributed by atoms with E-state index in [9.17, 15) is 14.4 Å². The number of carbonyl (C=O) groups excluding carboxylic acids is 3. The van der Waals surface area contributed by atoms with Crippen molar-refractivity contribution in [2.45, 2.75) is 64.1 Å². The third kappa shape index (κ3) is 13.0. The molecule has 2 aromatic rings. The second-order valence-corrected chi connectivity index (χ2v) is 14.4. The van der Waals surface area contributed by atoms with Crippen LogP contribution in [0, 0.1) is 22.7 Å². The molecule has 2 aliphatic rings. The molecule has 51 heavy (non-hydrogen) atoms. The highest BCUT2D eigenvalue weighted by Crippen LogP contribution is 2.24. The maximum absolute atomic E-state index is 13.2. The summed E-state index contributed by atoms with van der Waals surface area (Å²) in [6.07, 6.45) is -0.611. The highest BCUT2D eigenvalue weighted by atomic mass is 35.5. The summed E-state index contributed by atoms with van der Waals surface area (Å²) in [6.45, 7) is 15.5. The molecule has 14 heteroatoms. The van der Waals surface area contributed by atoms with E-state index in [4.69, 9.17) is 27.0 Å². The third-order valence-corrected chi connectivity index (χ3v) is 9.43. The van der Waals surface area contributed by atoms with Crippen LogP contribution in [0.5, 0.6) is 0 Å². The second kappa shape index (κ2) is 20.2. The summed E-state index contributed by atoms with van der Waals surface area (Å²) >= 11 is 5.86. The van der Waals surface area contributed by atoms with Gasteiger partial charge in [-0.15, -0.1) is 0 Å². The Hall–Kier alpha value is -3.91. The van der Waals surface area contributed by atoms with Crippen molar-refractivity contribution in [3.05, 3.63) is 70.8 Å². The highest BCUT2D eigenvalue weighted by molar-refractivity contribution is 6.15. The van der Waals surface area contributed by atoms with Crippen molar-refractivity contribution < 1.29 is 36.4 Å². The van der Waals surface area contributed by atoms with Crippen LogP contribution in [0.1, 0.15) is 68.7 Å². The minimum atomic E-state index is -0.744. The van der Waals surface area contributed by atoms with Crippen LogP contribution in [0.4, 0.5) is 4.79 Å². The summed E-state index contributed by atoms with van der Waals surface area (Å²) in [5.41, 5.74) is 2.38. The number of amides is 3. The lowest BCUT2D eigenvalue weighted by Gasteiger charge is -2.36. The first-order valence-electron chi connectivity index (χ1n) is 17.1. The quantitative estimate of drug-likeness (QED) is 0.306. The van der Waals surface area contributed by atoms with Crippen LogP contribution in [0.15, 0.2) is 48.5 Å². The van der Waals surface area contributed by atoms with Gasteiger partial charge in [-0.3, -0.25) is 9.59 Å². The van der Waals surface area contributed by atoms with Gasteiger partial charge in [0.1, 0.15) is 17.7 Å². The van der Waals surface area contributed by atoms with Crippen LogP contribution >= 0.6 is 11.8 Å². The van der Waals surface area contributed by atoms with E-state index in [0.717, 1.165) is 50.4 Å². The molecule has 0 aliphatic carbocycles. The Morgan fingerprint density at radius 1 is 0.784 bits per heavy atom. The van der Waals surface area contributed by atoms with Gasteiger partial charge in [0.2, 0.25) is 11.8 Å². The average molecular weight is 744 g/mol. The number of nitrogens with zero attached hydrogens (tertiary/aromatic N) is 5. The molecule has 0 bridgehead atoms. The molecule has 4 atom stereocenters. The minimum absolute atomic E-state index is 0. The van der Waals surface area contributed by atoms with Gasteiger partial charge in [-0.25, -0.2) is 9.63 Å². The van der Waals surface area contributed by atoms with Gasteiger partial charge in [0.15, 0.2) is 0 Å². The molecule has 2 aliphatic heterocycles. The molecule has 3 N–H and O–H groups in total. The molecule has 0 radical (unpaired) electrons. The maximum atomic E-state index is 13.2. The Kier molecular flexibility index (Phi) is 17.1. The fourth-order valence-electron chi connectivity index (χ4n) is 5.83. The zero-order valence-electron chi connectivity index (χ0n) is 30.7. The molecule has 2 fully saturated rings. The number of carbonyl (C=O) groups is 3. The molecule has 3 amide bonds. The molecule has 0 unspecified atom stereocenters. The molecule has 2 heterocycles. The number of hydrogen-bond acceptors (Lipinski definition) is 8. The van der Waals surface area contributed by atoms with Gasteiger partial charge in [0.25, 0.3) is 0 Å². The molecule has 12 nitrogen and oxygen atoms in total. The number of nitrogens with one attached hydrogen (secondary N) is 3. The molecule has 0 saturated carbocycles. The fourth-order valence-corrected chi connectivity index (χ4v) is 6.11. The van der Waals surface area contributed by atoms with E-state index in [2.05, 4.69) is 34.2 Å². The molecule has 2 saturated heterocycles. The van der Waals surface area contributed by atoms with E-state index in [1.165, 1.54) is 4.90 Å². The third-order valence-electron chi connectivity index (χ3n) is 9.20. The normalized spacial score (nSPS) is 17.5. The molecule has 278 valence electrons. The lowest BCUT2D eigenvalue weighted by Crippen LogP contribution is -3.12. The van der Waals surface area contributed by atoms with Crippen LogP contribution in [0.25, 0.3) is 0 Å². The standard InChI is InChI=1S/C21H30N4O3.C16H21ClN4O.ClH/c1-15(17-8-6-16(14-22)7-9-17)18(23-20(27)28-21(2,3)4)19(26)25-12-10-24(5)11-13-25;1-12(14-5-3-13(11-18)4-6-14)15(19-17)16(22)21-9-7-20(2)8-10-21;/h6-9,15,18H,10-13H2,1-5H3,(H,23,27);3-6,12,15,19H,7-10H2,1-2H3;1H/t15-,18+;12-,15+;/m00./s1. The second-order valence-electron chi connectivity index (χ2n) is 14.2. The van der Waals surface area contributed by atoms with Crippen LogP contribution in [-0.2, 0) is 14.3 Å². The number of quaternary nitrogens is 1. The first kappa shape index (κ1) is 43.3. The lowest BCUT2D eigenvalue weighted by atomic mass is 9.91. The van der Waals surface area contributed by atoms with Crippen LogP contribution in [0.3, 0.4) is 0 Å². The van der Waals surface area contributed by atoms with E-state index in [-0.39, 0.29) is 36.1 Å². The predicted molar refractivity (Wildman–Crippen MR) is 192 cm³/mol. The van der Waals surface area contributed by atoms with Gasteiger partial charge in [0, 0.05) is 38.0 Å². The Balaban J connectivity index is 0.000000356. The number of likely N-dealkylation sites (N-methyl/N-ethyl adjacent to an activating group) is 2. The Morgan fingerprint density at radius 3 is 1.61 bits per heavy atom. The van der Waals surface area contributed by atoms with E-state index in [1.807, 2.05) is 50.1 Å². The molecular formula is C37H52Cl2N8O4. The van der Waals surface area contributed by atoms with Gasteiger partial charge in [-0.2, -0.15) is 10.5 Å². The Labute approximate surface area is 314 Å². The van der Waals surface area contributed by atoms with Crippen LogP contribution in [-0.4, -0.2) is 117 Å². The molecule has 0 spiro atoms. The average Bonchev–Trinajstić information content (AvgIpc) is 3.10. The van der Waals surface area contributed by atoms with E-state index < -0.39 is 23.8 Å².